The maximum absolute atomic E-state index is 6.02. The molecule has 1 atom stereocenters. The van der Waals surface area contributed by atoms with Crippen molar-refractivity contribution in [3.63, 3.8) is 0 Å². The van der Waals surface area contributed by atoms with Crippen molar-refractivity contribution in [2.75, 3.05) is 12.0 Å². The summed E-state index contributed by atoms with van der Waals surface area (Å²) in [5, 5.41) is 1.90. The van der Waals surface area contributed by atoms with Crippen LogP contribution in [0, 0.1) is 0 Å². The number of pyridine rings is 1. The molecular weight excluding hydrogens is 374 g/mol. The molecule has 0 radical (unpaired) electrons. The van der Waals surface area contributed by atoms with Crippen LogP contribution in [0.3, 0.4) is 0 Å². The molecule has 0 saturated heterocycles. The van der Waals surface area contributed by atoms with Gasteiger partial charge in [-0.2, -0.15) is 0 Å². The fraction of sp³-hybridized carbons (Fsp3) is 0.150. The Labute approximate surface area is 167 Å². The summed E-state index contributed by atoms with van der Waals surface area (Å²) >= 11 is 5.90. The first-order valence-electron chi connectivity index (χ1n) is 8.51. The Bertz CT molecular complexity index is 1110. The number of thiol groups is 1. The first kappa shape index (κ1) is 17.9. The molecule has 3 aromatic heterocycles. The summed E-state index contributed by atoms with van der Waals surface area (Å²) in [6.07, 6.45) is 5.83. The van der Waals surface area contributed by atoms with Gasteiger partial charge in [-0.15, -0.1) is 24.4 Å². The van der Waals surface area contributed by atoms with Gasteiger partial charge in [0.25, 0.3) is 0 Å². The van der Waals surface area contributed by atoms with E-state index >= 15 is 0 Å². The van der Waals surface area contributed by atoms with Gasteiger partial charge in [0, 0.05) is 17.1 Å². The van der Waals surface area contributed by atoms with E-state index < -0.39 is 0 Å². The first-order chi connectivity index (χ1) is 13.1. The summed E-state index contributed by atoms with van der Waals surface area (Å²) in [5.74, 6) is 0.959. The molecule has 0 aliphatic rings. The van der Waals surface area contributed by atoms with E-state index in [1.54, 1.807) is 0 Å². The molecule has 0 aliphatic heterocycles. The predicted octanol–water partition coefficient (Wildman–Crippen LogP) is 4.76. The van der Waals surface area contributed by atoms with Crippen molar-refractivity contribution in [2.24, 2.45) is 0 Å². The van der Waals surface area contributed by atoms with Crippen molar-refractivity contribution in [1.29, 1.82) is 0 Å². The number of hydrogen-bond donors (Lipinski definition) is 3. The fourth-order valence-corrected chi connectivity index (χ4v) is 3.92. The van der Waals surface area contributed by atoms with Crippen LogP contribution in [0.4, 0.5) is 5.82 Å². The molecular formula is C20H19N5S2. The normalized spacial score (nSPS) is 12.4. The summed E-state index contributed by atoms with van der Waals surface area (Å²) in [5.41, 5.74) is 10.2. The molecule has 27 heavy (non-hydrogen) atoms. The number of rotatable bonds is 4. The fourth-order valence-electron chi connectivity index (χ4n) is 3.07. The lowest BCUT2D eigenvalue weighted by molar-refractivity contribution is 0.756. The zero-order valence-corrected chi connectivity index (χ0v) is 16.7. The van der Waals surface area contributed by atoms with Crippen LogP contribution in [-0.2, 0) is 0 Å². The SMILES string of the molecule is CSc1nc(C(C)c2cc3c(-c4ccccc4)c[nH]c3cn2)nc(N)c1S. The second-order valence-electron chi connectivity index (χ2n) is 6.27. The summed E-state index contributed by atoms with van der Waals surface area (Å²) in [4.78, 5) is 17.6. The van der Waals surface area contributed by atoms with Gasteiger partial charge in [-0.3, -0.25) is 4.98 Å². The number of aromatic amines is 1. The molecule has 0 amide bonds. The van der Waals surface area contributed by atoms with E-state index in [0.29, 0.717) is 16.5 Å². The van der Waals surface area contributed by atoms with Crippen LogP contribution >= 0.6 is 24.4 Å². The molecule has 0 spiro atoms. The monoisotopic (exact) mass is 393 g/mol. The summed E-state index contributed by atoms with van der Waals surface area (Å²) < 4.78 is 0. The Morgan fingerprint density at radius 2 is 1.96 bits per heavy atom. The first-order valence-corrected chi connectivity index (χ1v) is 10.2. The van der Waals surface area contributed by atoms with E-state index in [4.69, 9.17) is 5.73 Å². The average Bonchev–Trinajstić information content (AvgIpc) is 3.13. The van der Waals surface area contributed by atoms with Crippen molar-refractivity contribution in [3.05, 3.63) is 60.3 Å². The number of aromatic nitrogens is 4. The Morgan fingerprint density at radius 1 is 1.19 bits per heavy atom. The standard InChI is InChI=1S/C20H19N5S2/c1-11(19-24-18(21)17(26)20(25-19)27-2)15-8-13-14(9-22-16(13)10-23-15)12-6-4-3-5-7-12/h3-11,22,26H,1-2H3,(H2,21,24,25). The van der Waals surface area contributed by atoms with Crippen LogP contribution in [0.5, 0.6) is 0 Å². The van der Waals surface area contributed by atoms with E-state index in [0.717, 1.165) is 32.7 Å². The third kappa shape index (κ3) is 3.28. The highest BCUT2D eigenvalue weighted by molar-refractivity contribution is 7.99. The number of H-pyrrole nitrogens is 1. The Morgan fingerprint density at radius 3 is 2.70 bits per heavy atom. The highest BCUT2D eigenvalue weighted by Crippen LogP contribution is 2.32. The zero-order valence-electron chi connectivity index (χ0n) is 15.0. The summed E-state index contributed by atoms with van der Waals surface area (Å²) in [6.45, 7) is 2.04. The van der Waals surface area contributed by atoms with Crippen molar-refractivity contribution in [2.45, 2.75) is 22.8 Å². The lowest BCUT2D eigenvalue weighted by Gasteiger charge is -2.13. The minimum Gasteiger partial charge on any atom is -0.383 e. The molecule has 4 aromatic rings. The van der Waals surface area contributed by atoms with Gasteiger partial charge in [-0.1, -0.05) is 30.3 Å². The van der Waals surface area contributed by atoms with Crippen molar-refractivity contribution < 1.29 is 0 Å². The Balaban J connectivity index is 1.79. The number of fused-ring (bicyclic) bond motifs is 1. The zero-order chi connectivity index (χ0) is 19.0. The quantitative estimate of drug-likeness (QED) is 0.264. The number of anilines is 1. The third-order valence-corrected chi connectivity index (χ3v) is 5.87. The average molecular weight is 394 g/mol. The van der Waals surface area contributed by atoms with E-state index in [2.05, 4.69) is 50.8 Å². The summed E-state index contributed by atoms with van der Waals surface area (Å²) in [6, 6.07) is 12.4. The molecule has 7 heteroatoms. The van der Waals surface area contributed by atoms with Gasteiger partial charge < -0.3 is 10.7 Å². The minimum atomic E-state index is -0.0879. The lowest BCUT2D eigenvalue weighted by atomic mass is 10.0. The van der Waals surface area contributed by atoms with Gasteiger partial charge in [0.1, 0.15) is 16.7 Å². The van der Waals surface area contributed by atoms with Crippen molar-refractivity contribution in [3.8, 4) is 11.1 Å². The van der Waals surface area contributed by atoms with Crippen LogP contribution in [0.15, 0.2) is 58.7 Å². The molecule has 1 unspecified atom stereocenters. The topological polar surface area (TPSA) is 80.5 Å². The highest BCUT2D eigenvalue weighted by Gasteiger charge is 2.18. The molecule has 0 bridgehead atoms. The molecule has 0 aliphatic carbocycles. The van der Waals surface area contributed by atoms with Crippen LogP contribution in [-0.4, -0.2) is 26.2 Å². The van der Waals surface area contributed by atoms with E-state index in [-0.39, 0.29) is 5.92 Å². The number of thioether (sulfide) groups is 1. The van der Waals surface area contributed by atoms with E-state index in [1.165, 1.54) is 11.8 Å². The van der Waals surface area contributed by atoms with Gasteiger partial charge >= 0.3 is 0 Å². The highest BCUT2D eigenvalue weighted by atomic mass is 32.2. The molecule has 0 saturated carbocycles. The van der Waals surface area contributed by atoms with E-state index in [9.17, 15) is 0 Å². The number of benzene rings is 1. The number of nitrogens with zero attached hydrogens (tertiary/aromatic N) is 3. The predicted molar refractivity (Wildman–Crippen MR) is 115 cm³/mol. The number of nitrogens with two attached hydrogens (primary N) is 1. The third-order valence-electron chi connectivity index (χ3n) is 4.59. The van der Waals surface area contributed by atoms with Gasteiger partial charge in [0.05, 0.1) is 28.2 Å². The van der Waals surface area contributed by atoms with Gasteiger partial charge in [0.15, 0.2) is 0 Å². The maximum Gasteiger partial charge on any atom is 0.141 e. The van der Waals surface area contributed by atoms with Gasteiger partial charge in [-0.05, 0) is 24.8 Å². The number of nitrogens with one attached hydrogen (secondary N) is 1. The smallest absolute Gasteiger partial charge is 0.141 e. The molecule has 3 N–H and O–H groups in total. The molecule has 4 rings (SSSR count). The minimum absolute atomic E-state index is 0.0879. The second kappa shape index (κ2) is 7.25. The Hall–Kier alpha value is -2.51. The number of nitrogen functional groups attached to an aromatic ring is 1. The van der Waals surface area contributed by atoms with Crippen LogP contribution in [0.2, 0.25) is 0 Å². The van der Waals surface area contributed by atoms with Gasteiger partial charge in [-0.25, -0.2) is 9.97 Å². The Kier molecular flexibility index (Phi) is 4.80. The number of hydrogen-bond acceptors (Lipinski definition) is 6. The van der Waals surface area contributed by atoms with Crippen LogP contribution in [0.25, 0.3) is 22.0 Å². The summed E-state index contributed by atoms with van der Waals surface area (Å²) in [7, 11) is 0. The van der Waals surface area contributed by atoms with Crippen molar-refractivity contribution >= 4 is 41.1 Å². The molecule has 0 fully saturated rings. The molecule has 1 aromatic carbocycles. The van der Waals surface area contributed by atoms with Crippen molar-refractivity contribution in [1.82, 2.24) is 19.9 Å². The van der Waals surface area contributed by atoms with Crippen LogP contribution < -0.4 is 5.73 Å². The molecule has 5 nitrogen and oxygen atoms in total. The van der Waals surface area contributed by atoms with E-state index in [1.807, 2.05) is 43.8 Å². The second-order valence-corrected chi connectivity index (χ2v) is 7.51. The molecule has 136 valence electrons. The van der Waals surface area contributed by atoms with Crippen LogP contribution in [0.1, 0.15) is 24.4 Å². The largest absolute Gasteiger partial charge is 0.383 e. The lowest BCUT2D eigenvalue weighted by Crippen LogP contribution is -2.08. The maximum atomic E-state index is 6.02. The molecule has 3 heterocycles. The van der Waals surface area contributed by atoms with Gasteiger partial charge in [0.2, 0.25) is 0 Å².